The first kappa shape index (κ1) is 11.9. The number of hydrogen-bond donors (Lipinski definition) is 0. The van der Waals surface area contributed by atoms with E-state index in [1.807, 2.05) is 0 Å². The van der Waals surface area contributed by atoms with Gasteiger partial charge in [-0.15, -0.1) is 0 Å². The van der Waals surface area contributed by atoms with E-state index in [1.165, 1.54) is 11.0 Å². The molecule has 0 atom stereocenters. The van der Waals surface area contributed by atoms with Gasteiger partial charge in [0.1, 0.15) is 0 Å². The monoisotopic (exact) mass is 200 g/mol. The van der Waals surface area contributed by atoms with Crippen LogP contribution in [0, 0.1) is 0 Å². The van der Waals surface area contributed by atoms with Crippen LogP contribution in [-0.4, -0.2) is 10.0 Å². The summed E-state index contributed by atoms with van der Waals surface area (Å²) in [6.07, 6.45) is 2.07. The topological polar surface area (TPSA) is 40.3 Å². The largest absolute Gasteiger partial charge is 1.00 e. The molecule has 3 nitrogen and oxygen atoms in total. The van der Waals surface area contributed by atoms with Crippen molar-refractivity contribution >= 4 is 11.0 Å². The molecule has 72 valence electrons. The number of hydrogen-bond acceptors (Lipinski definition) is 0. The second-order valence-corrected chi connectivity index (χ2v) is 2.83. The Morgan fingerprint density at radius 2 is 1.85 bits per heavy atom. The van der Waals surface area contributed by atoms with Gasteiger partial charge in [0.15, 0.2) is 11.0 Å². The van der Waals surface area contributed by atoms with Crippen molar-refractivity contribution in [2.24, 2.45) is 14.1 Å². The molecule has 0 aliphatic carbocycles. The van der Waals surface area contributed by atoms with Crippen LogP contribution in [0.4, 0.5) is 0 Å². The Balaban J connectivity index is 0.000000720. The number of nitrogens with zero attached hydrogens (tertiary/aromatic N) is 2. The highest BCUT2D eigenvalue weighted by atomic mass is 35.5. The maximum absolute atomic E-state index is 2.12. The second-order valence-electron chi connectivity index (χ2n) is 2.83. The molecule has 2 N–H and O–H groups in total. The van der Waals surface area contributed by atoms with Crippen LogP contribution in [0.5, 0.6) is 0 Å². The minimum absolute atomic E-state index is 0. The molecule has 0 saturated heterocycles. The highest BCUT2D eigenvalue weighted by molar-refractivity contribution is 5.71. The molecule has 1 heterocycles. The normalized spacial score (nSPS) is 9.08. The van der Waals surface area contributed by atoms with Crippen molar-refractivity contribution in [2.45, 2.75) is 0 Å². The molecule has 0 fully saturated rings. The van der Waals surface area contributed by atoms with Gasteiger partial charge in [0, 0.05) is 0 Å². The average molecular weight is 201 g/mol. The zero-order chi connectivity index (χ0) is 7.84. The number of fused-ring (bicyclic) bond motifs is 1. The van der Waals surface area contributed by atoms with E-state index in [2.05, 4.69) is 53.8 Å². The summed E-state index contributed by atoms with van der Waals surface area (Å²) < 4.78 is 4.24. The van der Waals surface area contributed by atoms with Crippen molar-refractivity contribution in [1.82, 2.24) is 4.57 Å². The van der Waals surface area contributed by atoms with E-state index in [-0.39, 0.29) is 17.9 Å². The molecule has 0 unspecified atom stereocenters. The van der Waals surface area contributed by atoms with Gasteiger partial charge in [-0.05, 0) is 12.1 Å². The molecule has 0 aliphatic heterocycles. The number of aryl methyl sites for hydroxylation is 2. The third-order valence-electron chi connectivity index (χ3n) is 1.99. The van der Waals surface area contributed by atoms with Gasteiger partial charge in [0.05, 0.1) is 14.1 Å². The summed E-state index contributed by atoms with van der Waals surface area (Å²) in [4.78, 5) is 0. The van der Waals surface area contributed by atoms with Gasteiger partial charge in [-0.1, -0.05) is 12.1 Å². The molecule has 13 heavy (non-hydrogen) atoms. The van der Waals surface area contributed by atoms with Crippen LogP contribution in [0.15, 0.2) is 30.6 Å². The van der Waals surface area contributed by atoms with E-state index < -0.39 is 0 Å². The highest BCUT2D eigenvalue weighted by Crippen LogP contribution is 2.07. The van der Waals surface area contributed by atoms with E-state index in [0.717, 1.165) is 0 Å². The van der Waals surface area contributed by atoms with Crippen LogP contribution in [0.3, 0.4) is 0 Å². The number of rotatable bonds is 0. The molecule has 2 aromatic rings. The van der Waals surface area contributed by atoms with Crippen LogP contribution in [0.2, 0.25) is 0 Å². The lowest BCUT2D eigenvalue weighted by atomic mass is 10.3. The number of benzene rings is 1. The SMILES string of the molecule is Cn1c[n+](C)c2ccccc21.O.[Cl-]. The lowest BCUT2D eigenvalue weighted by Gasteiger charge is -1.84. The summed E-state index contributed by atoms with van der Waals surface area (Å²) in [5.41, 5.74) is 2.55. The molecule has 0 bridgehead atoms. The maximum atomic E-state index is 2.12. The fraction of sp³-hybridized carbons (Fsp3) is 0.222. The van der Waals surface area contributed by atoms with Crippen molar-refractivity contribution in [3.05, 3.63) is 30.6 Å². The molecular weight excluding hydrogens is 188 g/mol. The molecule has 2 rings (SSSR count). The summed E-state index contributed by atoms with van der Waals surface area (Å²) in [6, 6.07) is 8.36. The molecule has 0 spiro atoms. The zero-order valence-electron chi connectivity index (χ0n) is 7.66. The van der Waals surface area contributed by atoms with Crippen LogP contribution in [0.25, 0.3) is 11.0 Å². The summed E-state index contributed by atoms with van der Waals surface area (Å²) >= 11 is 0. The van der Waals surface area contributed by atoms with Gasteiger partial charge < -0.3 is 17.9 Å². The summed E-state index contributed by atoms with van der Waals surface area (Å²) in [5, 5.41) is 0. The zero-order valence-corrected chi connectivity index (χ0v) is 8.42. The fourth-order valence-corrected chi connectivity index (χ4v) is 1.44. The molecular formula is C9H13ClN2O. The molecule has 1 aromatic heterocycles. The maximum Gasteiger partial charge on any atom is 0.244 e. The predicted octanol–water partition coefficient (Wildman–Crippen LogP) is -2.82. The molecule has 0 saturated carbocycles. The molecule has 0 aliphatic rings. The minimum atomic E-state index is 0. The highest BCUT2D eigenvalue weighted by Gasteiger charge is 2.06. The van der Waals surface area contributed by atoms with Crippen molar-refractivity contribution in [3.63, 3.8) is 0 Å². The smallest absolute Gasteiger partial charge is 0.244 e. The number of halogens is 1. The summed E-state index contributed by atoms with van der Waals surface area (Å²) in [5.74, 6) is 0. The van der Waals surface area contributed by atoms with Crippen molar-refractivity contribution in [2.75, 3.05) is 0 Å². The van der Waals surface area contributed by atoms with Crippen molar-refractivity contribution in [1.29, 1.82) is 0 Å². The van der Waals surface area contributed by atoms with Gasteiger partial charge in [-0.3, -0.25) is 0 Å². The number of para-hydroxylation sites is 2. The van der Waals surface area contributed by atoms with Crippen LogP contribution in [-0.2, 0) is 14.1 Å². The Morgan fingerprint density at radius 1 is 1.23 bits per heavy atom. The van der Waals surface area contributed by atoms with Crippen molar-refractivity contribution < 1.29 is 22.5 Å². The number of aromatic nitrogens is 2. The first-order chi connectivity index (χ1) is 5.29. The fourth-order valence-electron chi connectivity index (χ4n) is 1.44. The van der Waals surface area contributed by atoms with E-state index in [4.69, 9.17) is 0 Å². The van der Waals surface area contributed by atoms with Gasteiger partial charge >= 0.3 is 0 Å². The lowest BCUT2D eigenvalue weighted by molar-refractivity contribution is -0.645. The minimum Gasteiger partial charge on any atom is -1.00 e. The predicted molar refractivity (Wildman–Crippen MR) is 47.7 cm³/mol. The van der Waals surface area contributed by atoms with E-state index in [9.17, 15) is 0 Å². The Bertz CT molecular complexity index is 361. The van der Waals surface area contributed by atoms with Gasteiger partial charge in [0.2, 0.25) is 6.33 Å². The second kappa shape index (κ2) is 4.25. The Labute approximate surface area is 83.3 Å². The van der Waals surface area contributed by atoms with E-state index in [1.54, 1.807) is 0 Å². The molecule has 1 aromatic carbocycles. The third kappa shape index (κ3) is 1.82. The van der Waals surface area contributed by atoms with Gasteiger partial charge in [0.25, 0.3) is 0 Å². The first-order valence-electron chi connectivity index (χ1n) is 3.69. The summed E-state index contributed by atoms with van der Waals surface area (Å²) in [7, 11) is 4.12. The summed E-state index contributed by atoms with van der Waals surface area (Å²) in [6.45, 7) is 0. The standard InChI is InChI=1S/C9H11N2.ClH.H2O/c1-10-7-11(2)9-6-4-3-5-8(9)10;;/h3-7H,1-2H3;1H;1H2/q+1;;/p-1. The van der Waals surface area contributed by atoms with E-state index >= 15 is 0 Å². The first-order valence-corrected chi connectivity index (χ1v) is 3.69. The van der Waals surface area contributed by atoms with Gasteiger partial charge in [-0.25, -0.2) is 9.13 Å². The Morgan fingerprint density at radius 3 is 2.46 bits per heavy atom. The molecule has 0 radical (unpaired) electrons. The quantitative estimate of drug-likeness (QED) is 0.412. The Kier molecular flexibility index (Phi) is 3.91. The van der Waals surface area contributed by atoms with Crippen LogP contribution in [0.1, 0.15) is 0 Å². The lowest BCUT2D eigenvalue weighted by Crippen LogP contribution is -3.00. The Hall–Kier alpha value is -1.06. The third-order valence-corrected chi connectivity index (χ3v) is 1.99. The number of imidazole rings is 1. The average Bonchev–Trinajstić information content (AvgIpc) is 2.30. The molecule has 4 heteroatoms. The van der Waals surface area contributed by atoms with Crippen LogP contribution >= 0.6 is 0 Å². The van der Waals surface area contributed by atoms with Crippen LogP contribution < -0.4 is 17.0 Å². The van der Waals surface area contributed by atoms with Crippen molar-refractivity contribution in [3.8, 4) is 0 Å². The molecule has 0 amide bonds. The van der Waals surface area contributed by atoms with E-state index in [0.29, 0.717) is 0 Å². The van der Waals surface area contributed by atoms with Gasteiger partial charge in [-0.2, -0.15) is 0 Å².